The van der Waals surface area contributed by atoms with Gasteiger partial charge in [0.2, 0.25) is 0 Å². The Kier molecular flexibility index (Phi) is 9.42. The summed E-state index contributed by atoms with van der Waals surface area (Å²) in [4.78, 5) is 18.0. The first-order chi connectivity index (χ1) is 14.1. The maximum Gasteiger partial charge on any atom is 0.253 e. The second-order valence-corrected chi connectivity index (χ2v) is 7.37. The van der Waals surface area contributed by atoms with Crippen LogP contribution in [0.2, 0.25) is 0 Å². The van der Waals surface area contributed by atoms with Gasteiger partial charge in [-0.05, 0) is 47.7 Å². The number of ether oxygens (including phenoxy) is 1. The van der Waals surface area contributed by atoms with Crippen LogP contribution in [0, 0.1) is 0 Å². The van der Waals surface area contributed by atoms with Crippen molar-refractivity contribution in [2.75, 3.05) is 40.8 Å². The van der Waals surface area contributed by atoms with E-state index in [0.717, 1.165) is 61.8 Å². The maximum absolute atomic E-state index is 12.1. The molecule has 0 atom stereocenters. The summed E-state index contributed by atoms with van der Waals surface area (Å²) in [5.74, 6) is 1.83. The first-order valence-electron chi connectivity index (χ1n) is 10.1. The molecular weight excluding hydrogens is 491 g/mol. The molecule has 30 heavy (non-hydrogen) atoms. The molecule has 1 amide bonds. The highest BCUT2D eigenvalue weighted by Gasteiger charge is 2.12. The van der Waals surface area contributed by atoms with Crippen LogP contribution in [-0.2, 0) is 19.3 Å². The second kappa shape index (κ2) is 11.8. The number of benzene rings is 2. The van der Waals surface area contributed by atoms with E-state index in [1.807, 2.05) is 24.3 Å². The van der Waals surface area contributed by atoms with Crippen LogP contribution in [0.1, 0.15) is 27.0 Å². The summed E-state index contributed by atoms with van der Waals surface area (Å²) in [5.41, 5.74) is 4.45. The van der Waals surface area contributed by atoms with Gasteiger partial charge in [-0.2, -0.15) is 0 Å². The van der Waals surface area contributed by atoms with Crippen molar-refractivity contribution in [1.82, 2.24) is 15.5 Å². The van der Waals surface area contributed by atoms with Gasteiger partial charge in [-0.3, -0.25) is 9.79 Å². The van der Waals surface area contributed by atoms with E-state index < -0.39 is 0 Å². The highest BCUT2D eigenvalue weighted by Crippen LogP contribution is 2.25. The Balaban J connectivity index is 0.00000320. The van der Waals surface area contributed by atoms with Gasteiger partial charge in [-0.15, -0.1) is 24.0 Å². The fourth-order valence-electron chi connectivity index (χ4n) is 3.38. The lowest BCUT2D eigenvalue weighted by Gasteiger charge is -2.13. The SMILES string of the molecule is CN=C(NCCc1cccc(C(=O)N(C)C)c1)NCCc1ccc2c(c1)CCO2.I. The van der Waals surface area contributed by atoms with Crippen molar-refractivity contribution in [3.8, 4) is 5.75 Å². The smallest absolute Gasteiger partial charge is 0.253 e. The number of hydrogen-bond acceptors (Lipinski definition) is 3. The van der Waals surface area contributed by atoms with Gasteiger partial charge in [0.1, 0.15) is 5.75 Å². The molecule has 162 valence electrons. The fraction of sp³-hybridized carbons (Fsp3) is 0.391. The average Bonchev–Trinajstić information content (AvgIpc) is 3.20. The number of carbonyl (C=O) groups is 1. The Morgan fingerprint density at radius 3 is 2.43 bits per heavy atom. The van der Waals surface area contributed by atoms with Crippen LogP contribution in [0.5, 0.6) is 5.75 Å². The number of carbonyl (C=O) groups excluding carboxylic acids is 1. The van der Waals surface area contributed by atoms with E-state index in [-0.39, 0.29) is 29.9 Å². The molecule has 0 spiro atoms. The normalized spacial score (nSPS) is 12.4. The van der Waals surface area contributed by atoms with Crippen LogP contribution in [-0.4, -0.2) is 57.6 Å². The third-order valence-electron chi connectivity index (χ3n) is 4.97. The summed E-state index contributed by atoms with van der Waals surface area (Å²) in [7, 11) is 5.31. The molecule has 0 bridgehead atoms. The standard InChI is InChI=1S/C23H30N4O2.HI/c1-24-23(26-13-10-18-7-8-21-19(15-18)11-14-29-21)25-12-9-17-5-4-6-20(16-17)22(28)27(2)3;/h4-8,15-16H,9-14H2,1-3H3,(H2,24,25,26);1H. The molecule has 1 heterocycles. The predicted molar refractivity (Wildman–Crippen MR) is 132 cm³/mol. The van der Waals surface area contributed by atoms with Crippen LogP contribution < -0.4 is 15.4 Å². The summed E-state index contributed by atoms with van der Waals surface area (Å²) < 4.78 is 5.56. The minimum atomic E-state index is 0. The average molecular weight is 522 g/mol. The molecule has 0 saturated heterocycles. The molecule has 0 aliphatic carbocycles. The molecule has 0 aromatic heterocycles. The molecule has 7 heteroatoms. The zero-order valence-corrected chi connectivity index (χ0v) is 20.2. The van der Waals surface area contributed by atoms with Gasteiger partial charge < -0.3 is 20.3 Å². The lowest BCUT2D eigenvalue weighted by Crippen LogP contribution is -2.39. The Morgan fingerprint density at radius 1 is 1.07 bits per heavy atom. The largest absolute Gasteiger partial charge is 0.493 e. The van der Waals surface area contributed by atoms with Gasteiger partial charge in [-0.1, -0.05) is 24.3 Å². The molecule has 2 aromatic rings. The number of hydrogen-bond donors (Lipinski definition) is 2. The Morgan fingerprint density at radius 2 is 1.77 bits per heavy atom. The Labute approximate surface area is 196 Å². The molecule has 1 aliphatic rings. The number of halogens is 1. The zero-order valence-electron chi connectivity index (χ0n) is 17.9. The number of nitrogens with zero attached hydrogens (tertiary/aromatic N) is 2. The van der Waals surface area contributed by atoms with Gasteiger partial charge in [0.05, 0.1) is 6.61 Å². The summed E-state index contributed by atoms with van der Waals surface area (Å²) >= 11 is 0. The van der Waals surface area contributed by atoms with Gasteiger partial charge in [0.15, 0.2) is 5.96 Å². The molecule has 6 nitrogen and oxygen atoms in total. The monoisotopic (exact) mass is 522 g/mol. The van der Waals surface area contributed by atoms with Gasteiger partial charge >= 0.3 is 0 Å². The number of nitrogens with one attached hydrogen (secondary N) is 2. The molecule has 1 aliphatic heterocycles. The van der Waals surface area contributed by atoms with Gasteiger partial charge in [-0.25, -0.2) is 0 Å². The summed E-state index contributed by atoms with van der Waals surface area (Å²) in [6, 6.07) is 14.2. The van der Waals surface area contributed by atoms with E-state index in [0.29, 0.717) is 0 Å². The van der Waals surface area contributed by atoms with Crippen molar-refractivity contribution in [3.63, 3.8) is 0 Å². The number of rotatable bonds is 7. The summed E-state index contributed by atoms with van der Waals surface area (Å²) in [5, 5.41) is 6.70. The van der Waals surface area contributed by atoms with Crippen molar-refractivity contribution in [2.24, 2.45) is 4.99 Å². The number of aliphatic imine (C=N–C) groups is 1. The van der Waals surface area contributed by atoms with Crippen molar-refractivity contribution < 1.29 is 9.53 Å². The van der Waals surface area contributed by atoms with Crippen molar-refractivity contribution >= 4 is 35.8 Å². The summed E-state index contributed by atoms with van der Waals surface area (Å²) in [6.45, 7) is 2.35. The molecule has 3 rings (SSSR count). The molecule has 0 unspecified atom stereocenters. The number of amides is 1. The number of fused-ring (bicyclic) bond motifs is 1. The molecule has 0 fully saturated rings. The fourth-order valence-corrected chi connectivity index (χ4v) is 3.38. The predicted octanol–water partition coefficient (Wildman–Crippen LogP) is 2.89. The third-order valence-corrected chi connectivity index (χ3v) is 4.97. The van der Waals surface area contributed by atoms with Crippen molar-refractivity contribution in [2.45, 2.75) is 19.3 Å². The van der Waals surface area contributed by atoms with Gasteiger partial charge in [0, 0.05) is 46.2 Å². The van der Waals surface area contributed by atoms with Crippen molar-refractivity contribution in [1.29, 1.82) is 0 Å². The number of guanidine groups is 1. The van der Waals surface area contributed by atoms with Crippen molar-refractivity contribution in [3.05, 3.63) is 64.7 Å². The summed E-state index contributed by atoms with van der Waals surface area (Å²) in [6.07, 6.45) is 2.75. The van der Waals surface area contributed by atoms with E-state index >= 15 is 0 Å². The Hall–Kier alpha value is -2.29. The molecule has 2 aromatic carbocycles. The first-order valence-corrected chi connectivity index (χ1v) is 10.1. The minimum Gasteiger partial charge on any atom is -0.493 e. The quantitative estimate of drug-likeness (QED) is 0.334. The van der Waals surface area contributed by atoms with E-state index in [9.17, 15) is 4.79 Å². The lowest BCUT2D eigenvalue weighted by molar-refractivity contribution is 0.0827. The molecule has 0 saturated carbocycles. The van der Waals surface area contributed by atoms with E-state index in [1.54, 1.807) is 26.0 Å². The highest BCUT2D eigenvalue weighted by atomic mass is 127. The van der Waals surface area contributed by atoms with E-state index in [2.05, 4.69) is 33.8 Å². The zero-order chi connectivity index (χ0) is 20.6. The maximum atomic E-state index is 12.1. The third kappa shape index (κ3) is 6.62. The van der Waals surface area contributed by atoms with E-state index in [1.165, 1.54) is 11.1 Å². The first kappa shape index (κ1) is 24.0. The highest BCUT2D eigenvalue weighted by molar-refractivity contribution is 14.0. The Bertz CT molecular complexity index is 883. The van der Waals surface area contributed by atoms with Crippen LogP contribution >= 0.6 is 24.0 Å². The van der Waals surface area contributed by atoms with Gasteiger partial charge in [0.25, 0.3) is 5.91 Å². The minimum absolute atomic E-state index is 0. The molecule has 2 N–H and O–H groups in total. The van der Waals surface area contributed by atoms with Crippen LogP contribution in [0.3, 0.4) is 0 Å². The topological polar surface area (TPSA) is 66.0 Å². The molecule has 0 radical (unpaired) electrons. The lowest BCUT2D eigenvalue weighted by atomic mass is 10.1. The van der Waals surface area contributed by atoms with Crippen LogP contribution in [0.25, 0.3) is 0 Å². The van der Waals surface area contributed by atoms with Crippen LogP contribution in [0.15, 0.2) is 47.5 Å². The second-order valence-electron chi connectivity index (χ2n) is 7.37. The van der Waals surface area contributed by atoms with Crippen LogP contribution in [0.4, 0.5) is 0 Å². The van der Waals surface area contributed by atoms with E-state index in [4.69, 9.17) is 4.74 Å². The molecular formula is C23H31IN4O2.